The molecule has 4 rings (SSSR count). The Labute approximate surface area is 181 Å². The van der Waals surface area contributed by atoms with Gasteiger partial charge in [0.05, 0.1) is 17.0 Å². The highest BCUT2D eigenvalue weighted by molar-refractivity contribution is 6.22. The smallest absolute Gasteiger partial charge is 0.328 e. The lowest BCUT2D eigenvalue weighted by molar-refractivity contribution is -0.157. The Hall–Kier alpha value is -2.48. The summed E-state index contributed by atoms with van der Waals surface area (Å²) in [6, 6.07) is 3.61. The van der Waals surface area contributed by atoms with Crippen molar-refractivity contribution in [1.29, 1.82) is 0 Å². The highest BCUT2D eigenvalue weighted by atomic mass is 19.1. The number of hydrogen-bond donors (Lipinski definition) is 1. The second kappa shape index (κ2) is 8.57. The number of likely N-dealkylation sites (tertiary alicyclic amines) is 1. The molecule has 7 nitrogen and oxygen atoms in total. The third kappa shape index (κ3) is 4.31. The zero-order chi connectivity index (χ0) is 22.2. The monoisotopic (exact) mass is 431 g/mol. The van der Waals surface area contributed by atoms with Gasteiger partial charge < -0.3 is 10.1 Å². The molecule has 3 amide bonds. The third-order valence-electron chi connectivity index (χ3n) is 6.89. The van der Waals surface area contributed by atoms with E-state index >= 15 is 0 Å². The molecule has 0 unspecified atom stereocenters. The summed E-state index contributed by atoms with van der Waals surface area (Å²) in [5.74, 6) is -0.554. The van der Waals surface area contributed by atoms with Crippen molar-refractivity contribution in [2.24, 2.45) is 11.8 Å². The number of benzene rings is 1. The number of rotatable bonds is 5. The molecule has 1 aromatic carbocycles. The third-order valence-corrected chi connectivity index (χ3v) is 6.89. The minimum Gasteiger partial charge on any atom is -0.449 e. The van der Waals surface area contributed by atoms with Crippen LogP contribution in [0.2, 0.25) is 0 Å². The maximum atomic E-state index is 13.8. The van der Waals surface area contributed by atoms with E-state index < -0.39 is 17.3 Å². The van der Waals surface area contributed by atoms with E-state index in [0.717, 1.165) is 50.1 Å². The zero-order valence-corrected chi connectivity index (χ0v) is 18.2. The van der Waals surface area contributed by atoms with Gasteiger partial charge in [-0.3, -0.25) is 14.5 Å². The summed E-state index contributed by atoms with van der Waals surface area (Å²) in [5.41, 5.74) is 0.0946. The molecule has 2 fully saturated rings. The molecule has 0 spiro atoms. The summed E-state index contributed by atoms with van der Waals surface area (Å²) >= 11 is 0. The first kappa shape index (κ1) is 21.7. The number of halogens is 1. The van der Waals surface area contributed by atoms with Gasteiger partial charge >= 0.3 is 12.0 Å². The fourth-order valence-electron chi connectivity index (χ4n) is 4.47. The Bertz CT molecular complexity index is 876. The van der Waals surface area contributed by atoms with Crippen molar-refractivity contribution in [1.82, 2.24) is 10.2 Å². The minimum absolute atomic E-state index is 0.0874. The number of urea groups is 1. The SMILES string of the molecule is CC1(C)C(=O)N(C(=O)NCC2CCN(COC(=O)C3CCC3)CC2)c2cc(F)ccc21. The van der Waals surface area contributed by atoms with Crippen molar-refractivity contribution in [3.8, 4) is 0 Å². The van der Waals surface area contributed by atoms with Gasteiger partial charge in [-0.05, 0) is 63.1 Å². The van der Waals surface area contributed by atoms with Crippen LogP contribution in [0.4, 0.5) is 14.9 Å². The van der Waals surface area contributed by atoms with Crippen LogP contribution in [0.15, 0.2) is 18.2 Å². The molecule has 1 aromatic rings. The maximum absolute atomic E-state index is 13.8. The fraction of sp³-hybridized carbons (Fsp3) is 0.609. The standard InChI is InChI=1S/C23H30FN3O4/c1-23(2)18-7-6-17(24)12-19(18)27(21(23)29)22(30)25-13-15-8-10-26(11-9-15)14-31-20(28)16-4-3-5-16/h6-7,12,15-16H,3-5,8-11,13-14H2,1-2H3,(H,25,30). The van der Waals surface area contributed by atoms with Crippen LogP contribution in [-0.2, 0) is 19.7 Å². The molecule has 1 saturated heterocycles. The summed E-state index contributed by atoms with van der Waals surface area (Å²) < 4.78 is 19.2. The van der Waals surface area contributed by atoms with Gasteiger partial charge in [-0.25, -0.2) is 14.1 Å². The number of carbonyl (C=O) groups excluding carboxylic acids is 3. The Balaban J connectivity index is 1.26. The van der Waals surface area contributed by atoms with Crippen LogP contribution in [0.1, 0.15) is 51.5 Å². The van der Waals surface area contributed by atoms with Gasteiger partial charge in [-0.1, -0.05) is 12.5 Å². The van der Waals surface area contributed by atoms with Crippen molar-refractivity contribution >= 4 is 23.6 Å². The first-order chi connectivity index (χ1) is 14.8. The number of hydrogen-bond acceptors (Lipinski definition) is 5. The van der Waals surface area contributed by atoms with E-state index in [2.05, 4.69) is 10.2 Å². The number of esters is 1. The molecule has 168 valence electrons. The molecule has 0 atom stereocenters. The van der Waals surface area contributed by atoms with Crippen LogP contribution in [0.25, 0.3) is 0 Å². The van der Waals surface area contributed by atoms with E-state index in [4.69, 9.17) is 4.74 Å². The molecule has 0 radical (unpaired) electrons. The Morgan fingerprint density at radius 1 is 1.19 bits per heavy atom. The first-order valence-electron chi connectivity index (χ1n) is 11.1. The van der Waals surface area contributed by atoms with Crippen LogP contribution < -0.4 is 10.2 Å². The van der Waals surface area contributed by atoms with Crippen LogP contribution in [0.3, 0.4) is 0 Å². The van der Waals surface area contributed by atoms with Gasteiger partial charge in [-0.2, -0.15) is 0 Å². The molecule has 1 N–H and O–H groups in total. The van der Waals surface area contributed by atoms with Gasteiger partial charge in [-0.15, -0.1) is 0 Å². The fourth-order valence-corrected chi connectivity index (χ4v) is 4.47. The summed E-state index contributed by atoms with van der Waals surface area (Å²) in [6.07, 6.45) is 4.72. The van der Waals surface area contributed by atoms with E-state index in [1.54, 1.807) is 19.9 Å². The highest BCUT2D eigenvalue weighted by Crippen LogP contribution is 2.41. The van der Waals surface area contributed by atoms with E-state index in [1.807, 2.05) is 0 Å². The first-order valence-corrected chi connectivity index (χ1v) is 11.1. The zero-order valence-electron chi connectivity index (χ0n) is 18.2. The van der Waals surface area contributed by atoms with Crippen molar-refractivity contribution in [2.75, 3.05) is 31.3 Å². The number of piperidine rings is 1. The van der Waals surface area contributed by atoms with Crippen molar-refractivity contribution < 1.29 is 23.5 Å². The quantitative estimate of drug-likeness (QED) is 0.725. The van der Waals surface area contributed by atoms with Gasteiger partial charge in [0, 0.05) is 19.6 Å². The summed E-state index contributed by atoms with van der Waals surface area (Å²) in [6.45, 7) is 5.85. The number of fused-ring (bicyclic) bond motifs is 1. The predicted octanol–water partition coefficient (Wildman–Crippen LogP) is 3.17. The molecule has 0 bridgehead atoms. The summed E-state index contributed by atoms with van der Waals surface area (Å²) in [4.78, 5) is 40.7. The maximum Gasteiger partial charge on any atom is 0.328 e. The second-order valence-corrected chi connectivity index (χ2v) is 9.39. The molecule has 0 aromatic heterocycles. The molecule has 31 heavy (non-hydrogen) atoms. The highest BCUT2D eigenvalue weighted by Gasteiger charge is 2.46. The van der Waals surface area contributed by atoms with Crippen LogP contribution >= 0.6 is 0 Å². The van der Waals surface area contributed by atoms with E-state index in [9.17, 15) is 18.8 Å². The number of carbonyl (C=O) groups is 3. The molecular weight excluding hydrogens is 401 g/mol. The molecule has 3 aliphatic rings. The van der Waals surface area contributed by atoms with Crippen molar-refractivity contribution in [3.05, 3.63) is 29.6 Å². The normalized spacial score (nSPS) is 21.5. The topological polar surface area (TPSA) is 79.0 Å². The molecule has 1 aliphatic carbocycles. The number of amides is 3. The minimum atomic E-state index is -0.872. The Morgan fingerprint density at radius 2 is 1.90 bits per heavy atom. The van der Waals surface area contributed by atoms with Gasteiger partial charge in [0.15, 0.2) is 0 Å². The second-order valence-electron chi connectivity index (χ2n) is 9.39. The van der Waals surface area contributed by atoms with Crippen LogP contribution in [0.5, 0.6) is 0 Å². The average Bonchev–Trinajstić information content (AvgIpc) is 2.89. The lowest BCUT2D eigenvalue weighted by atomic mass is 9.86. The predicted molar refractivity (Wildman–Crippen MR) is 113 cm³/mol. The van der Waals surface area contributed by atoms with Gasteiger partial charge in [0.25, 0.3) is 0 Å². The van der Waals surface area contributed by atoms with Crippen LogP contribution in [0, 0.1) is 17.7 Å². The number of ether oxygens (including phenoxy) is 1. The van der Waals surface area contributed by atoms with E-state index in [0.29, 0.717) is 24.5 Å². The van der Waals surface area contributed by atoms with Gasteiger partial charge in [0.2, 0.25) is 5.91 Å². The molecular formula is C23H30FN3O4. The Kier molecular flexibility index (Phi) is 6.01. The summed E-state index contributed by atoms with van der Waals surface area (Å²) in [5, 5.41) is 2.86. The number of nitrogens with one attached hydrogen (secondary N) is 1. The lowest BCUT2D eigenvalue weighted by Crippen LogP contribution is -2.48. The molecule has 1 saturated carbocycles. The largest absolute Gasteiger partial charge is 0.449 e. The average molecular weight is 432 g/mol. The van der Waals surface area contributed by atoms with Crippen molar-refractivity contribution in [2.45, 2.75) is 51.4 Å². The number of nitrogens with zero attached hydrogens (tertiary/aromatic N) is 2. The lowest BCUT2D eigenvalue weighted by Gasteiger charge is -2.32. The Morgan fingerprint density at radius 3 is 2.55 bits per heavy atom. The van der Waals surface area contributed by atoms with Gasteiger partial charge in [0.1, 0.15) is 12.5 Å². The molecule has 2 heterocycles. The van der Waals surface area contributed by atoms with E-state index in [-0.39, 0.29) is 23.7 Å². The van der Waals surface area contributed by atoms with E-state index in [1.165, 1.54) is 12.1 Å². The van der Waals surface area contributed by atoms with Crippen LogP contribution in [-0.4, -0.2) is 49.2 Å². The molecule has 2 aliphatic heterocycles. The van der Waals surface area contributed by atoms with Crippen molar-refractivity contribution in [3.63, 3.8) is 0 Å². The number of imide groups is 1. The molecule has 8 heteroatoms. The number of anilines is 1. The summed E-state index contributed by atoms with van der Waals surface area (Å²) in [7, 11) is 0.